The predicted octanol–water partition coefficient (Wildman–Crippen LogP) is 8.12. The van der Waals surface area contributed by atoms with Gasteiger partial charge in [-0.15, -0.1) is 13.2 Å². The highest BCUT2D eigenvalue weighted by Gasteiger charge is 2.37. The number of ether oxygens (including phenoxy) is 1. The van der Waals surface area contributed by atoms with Crippen LogP contribution >= 0.6 is 0 Å². The fraction of sp³-hybridized carbons (Fsp3) is 0.483. The first-order valence-electron chi connectivity index (χ1n) is 13.9. The number of anilines is 2. The van der Waals surface area contributed by atoms with Crippen molar-refractivity contribution in [1.82, 2.24) is 10.1 Å². The minimum absolute atomic E-state index is 0.0256. The fourth-order valence-corrected chi connectivity index (χ4v) is 4.61. The lowest BCUT2D eigenvalue weighted by atomic mass is 9.85. The van der Waals surface area contributed by atoms with E-state index in [9.17, 15) is 49.4 Å². The maximum atomic E-state index is 13.2. The lowest BCUT2D eigenvalue weighted by Gasteiger charge is -2.30. The van der Waals surface area contributed by atoms with Gasteiger partial charge in [-0.25, -0.2) is 0 Å². The van der Waals surface area contributed by atoms with Gasteiger partial charge in [0.2, 0.25) is 5.89 Å². The van der Waals surface area contributed by atoms with E-state index in [1.54, 1.807) is 13.8 Å². The van der Waals surface area contributed by atoms with Crippen LogP contribution in [-0.2, 0) is 36.5 Å². The molecule has 0 bridgehead atoms. The number of nitrogens with one attached hydrogen (secondary N) is 1. The average Bonchev–Trinajstić information content (AvgIpc) is 3.37. The highest BCUT2D eigenvalue weighted by atomic mass is 19.4. The molecule has 1 aromatic heterocycles. The number of nitrogens with zero attached hydrogens (tertiary/aromatic N) is 3. The van der Waals surface area contributed by atoms with Crippen molar-refractivity contribution >= 4 is 17.6 Å². The summed E-state index contributed by atoms with van der Waals surface area (Å²) in [7, 11) is 0. The molecule has 3 rings (SSSR count). The van der Waals surface area contributed by atoms with Crippen LogP contribution in [0, 0.1) is 5.41 Å². The van der Waals surface area contributed by atoms with Gasteiger partial charge in [-0.1, -0.05) is 13.8 Å². The van der Waals surface area contributed by atoms with E-state index >= 15 is 0 Å². The Balaban J connectivity index is 1.77. The first-order chi connectivity index (χ1) is 21.1. The number of aromatic nitrogens is 2. The number of hydrogen-bond donors (Lipinski definition) is 2. The summed E-state index contributed by atoms with van der Waals surface area (Å²) < 4.78 is 127. The van der Waals surface area contributed by atoms with Crippen molar-refractivity contribution in [1.29, 1.82) is 0 Å². The van der Waals surface area contributed by atoms with E-state index in [2.05, 4.69) is 20.2 Å². The monoisotopic (exact) mass is 670 g/mol. The van der Waals surface area contributed by atoms with E-state index in [0.717, 1.165) is 12.1 Å². The molecule has 8 nitrogen and oxygen atoms in total. The third kappa shape index (κ3) is 11.0. The summed E-state index contributed by atoms with van der Waals surface area (Å²) in [6, 6.07) is 4.96. The molecule has 2 N–H and O–H groups in total. The number of aryl methyl sites for hydroxylation is 2. The van der Waals surface area contributed by atoms with Crippen molar-refractivity contribution in [3.05, 3.63) is 64.5 Å². The molecule has 0 fully saturated rings. The number of carboxylic acids is 1. The smallest absolute Gasteiger partial charge is 0.481 e. The molecule has 0 atom stereocenters. The molecule has 0 spiro atoms. The fourth-order valence-electron chi connectivity index (χ4n) is 4.61. The van der Waals surface area contributed by atoms with Gasteiger partial charge >= 0.3 is 24.7 Å². The topological polar surface area (TPSA) is 101 Å². The Morgan fingerprint density at radius 1 is 0.957 bits per heavy atom. The standard InChI is InChI=1S/C29H31F9N4O4/c1-4-42(10-9-26(2,3)15-24(43)44)22-7-6-21(45-29(36,37)38)13-18(22)16-39-25-40-23(46-41-25)8-5-17-11-19(27(30,31)32)14-20(12-17)28(33,34)35/h6-7,11-14H,4-5,8-10,15-16H2,1-3H3,(H,39,41)(H,43,44). The third-order valence-corrected chi connectivity index (χ3v) is 6.88. The van der Waals surface area contributed by atoms with Crippen molar-refractivity contribution in [3.8, 4) is 5.75 Å². The summed E-state index contributed by atoms with van der Waals surface area (Å²) in [5.74, 6) is -1.71. The first kappa shape index (κ1) is 36.3. The maximum absolute atomic E-state index is 13.2. The van der Waals surface area contributed by atoms with Crippen molar-refractivity contribution in [3.63, 3.8) is 0 Å². The van der Waals surface area contributed by atoms with Crippen LogP contribution in [0.3, 0.4) is 0 Å². The summed E-state index contributed by atoms with van der Waals surface area (Å²) >= 11 is 0. The Morgan fingerprint density at radius 2 is 1.59 bits per heavy atom. The van der Waals surface area contributed by atoms with E-state index in [-0.39, 0.29) is 49.3 Å². The van der Waals surface area contributed by atoms with Crippen LogP contribution in [0.4, 0.5) is 51.1 Å². The largest absolute Gasteiger partial charge is 0.573 e. The van der Waals surface area contributed by atoms with Crippen LogP contribution in [0.2, 0.25) is 0 Å². The van der Waals surface area contributed by atoms with Crippen molar-refractivity contribution in [2.24, 2.45) is 5.41 Å². The highest BCUT2D eigenvalue weighted by molar-refractivity contribution is 5.67. The Hall–Kier alpha value is -4.18. The van der Waals surface area contributed by atoms with Gasteiger partial charge in [-0.2, -0.15) is 31.3 Å². The quantitative estimate of drug-likeness (QED) is 0.166. The Morgan fingerprint density at radius 3 is 2.13 bits per heavy atom. The summed E-state index contributed by atoms with van der Waals surface area (Å²) in [6.07, 6.45) is -15.1. The van der Waals surface area contributed by atoms with Crippen molar-refractivity contribution < 1.29 is 58.7 Å². The second-order valence-corrected chi connectivity index (χ2v) is 11.2. The Bertz CT molecular complexity index is 1450. The van der Waals surface area contributed by atoms with Gasteiger partial charge < -0.3 is 24.6 Å². The summed E-state index contributed by atoms with van der Waals surface area (Å²) in [5, 5.41) is 15.7. The number of alkyl halides is 9. The van der Waals surface area contributed by atoms with Crippen molar-refractivity contribution in [2.45, 2.75) is 71.7 Å². The van der Waals surface area contributed by atoms with Crippen LogP contribution in [0.5, 0.6) is 5.75 Å². The number of carbonyl (C=O) groups is 1. The molecule has 0 aliphatic carbocycles. The summed E-state index contributed by atoms with van der Waals surface area (Å²) in [6.45, 7) is 6.05. The molecule has 0 radical (unpaired) electrons. The van der Waals surface area contributed by atoms with Crippen LogP contribution in [-0.4, -0.2) is 40.7 Å². The second-order valence-electron chi connectivity index (χ2n) is 11.2. The maximum Gasteiger partial charge on any atom is 0.573 e. The second kappa shape index (κ2) is 14.1. The van der Waals surface area contributed by atoms with Crippen LogP contribution in [0.15, 0.2) is 40.9 Å². The Labute approximate surface area is 257 Å². The minimum atomic E-state index is -5.00. The van der Waals surface area contributed by atoms with E-state index in [1.807, 2.05) is 11.8 Å². The molecule has 0 unspecified atom stereocenters. The van der Waals surface area contributed by atoms with E-state index in [4.69, 9.17) is 4.52 Å². The molecule has 3 aromatic rings. The van der Waals surface area contributed by atoms with Gasteiger partial charge in [0, 0.05) is 31.7 Å². The number of hydrogen-bond acceptors (Lipinski definition) is 7. The molecule has 17 heteroatoms. The molecule has 254 valence electrons. The van der Waals surface area contributed by atoms with Crippen LogP contribution in [0.25, 0.3) is 0 Å². The van der Waals surface area contributed by atoms with E-state index in [1.165, 1.54) is 6.07 Å². The zero-order valence-corrected chi connectivity index (χ0v) is 24.8. The van der Waals surface area contributed by atoms with Gasteiger partial charge in [-0.3, -0.25) is 4.79 Å². The van der Waals surface area contributed by atoms with Crippen LogP contribution in [0.1, 0.15) is 61.8 Å². The molecule has 0 aliphatic heterocycles. The SMILES string of the molecule is CCN(CCC(C)(C)CC(=O)O)c1ccc(OC(F)(F)F)cc1CNc1noc(CCc2cc(C(F)(F)F)cc(C(F)(F)F)c2)n1. The van der Waals surface area contributed by atoms with Gasteiger partial charge in [0.1, 0.15) is 5.75 Å². The first-order valence-corrected chi connectivity index (χ1v) is 13.9. The zero-order chi connectivity index (χ0) is 34.5. The summed E-state index contributed by atoms with van der Waals surface area (Å²) in [5.41, 5.74) is -2.89. The molecule has 2 aromatic carbocycles. The number of benzene rings is 2. The molecule has 46 heavy (non-hydrogen) atoms. The van der Waals surface area contributed by atoms with Crippen LogP contribution < -0.4 is 15.0 Å². The number of halogens is 9. The van der Waals surface area contributed by atoms with Crippen molar-refractivity contribution in [2.75, 3.05) is 23.3 Å². The van der Waals surface area contributed by atoms with Gasteiger partial charge in [0.25, 0.3) is 5.95 Å². The zero-order valence-electron chi connectivity index (χ0n) is 24.8. The van der Waals surface area contributed by atoms with E-state index in [0.29, 0.717) is 42.9 Å². The third-order valence-electron chi connectivity index (χ3n) is 6.88. The molecular weight excluding hydrogens is 639 g/mol. The number of rotatable bonds is 14. The highest BCUT2D eigenvalue weighted by Crippen LogP contribution is 2.37. The van der Waals surface area contributed by atoms with E-state index < -0.39 is 47.0 Å². The summed E-state index contributed by atoms with van der Waals surface area (Å²) in [4.78, 5) is 17.1. The molecule has 0 saturated carbocycles. The molecule has 0 saturated heterocycles. The minimum Gasteiger partial charge on any atom is -0.481 e. The average molecular weight is 671 g/mol. The molecular formula is C29H31F9N4O4. The normalized spacial score (nSPS) is 12.7. The molecule has 1 heterocycles. The predicted molar refractivity (Wildman–Crippen MR) is 147 cm³/mol. The lowest BCUT2D eigenvalue weighted by molar-refractivity contribution is -0.274. The van der Waals surface area contributed by atoms with Gasteiger partial charge in [0.15, 0.2) is 0 Å². The molecule has 0 amide bonds. The van der Waals surface area contributed by atoms with Gasteiger partial charge in [-0.05, 0) is 77.9 Å². The molecule has 0 aliphatic rings. The number of carboxylic acid groups (broad SMARTS) is 1. The Kier molecular flexibility index (Phi) is 11.1. The van der Waals surface area contributed by atoms with Gasteiger partial charge in [0.05, 0.1) is 17.5 Å². The lowest BCUT2D eigenvalue weighted by Crippen LogP contribution is -2.30. The number of aliphatic carboxylic acids is 1.